The van der Waals surface area contributed by atoms with Gasteiger partial charge < -0.3 is 20.1 Å². The Morgan fingerprint density at radius 2 is 1.87 bits per heavy atom. The van der Waals surface area contributed by atoms with Gasteiger partial charge in [-0.3, -0.25) is 4.79 Å². The Kier molecular flexibility index (Phi) is 5.46. The number of aryl methyl sites for hydroxylation is 1. The summed E-state index contributed by atoms with van der Waals surface area (Å²) >= 11 is 0. The van der Waals surface area contributed by atoms with Crippen LogP contribution in [0.2, 0.25) is 0 Å². The minimum Gasteiger partial charge on any atom is -0.495 e. The van der Waals surface area contributed by atoms with Crippen molar-refractivity contribution in [3.8, 4) is 5.75 Å². The van der Waals surface area contributed by atoms with Gasteiger partial charge in [0.25, 0.3) is 0 Å². The van der Waals surface area contributed by atoms with Gasteiger partial charge in [0.05, 0.1) is 19.9 Å². The number of methoxy groups -OCH3 is 2. The van der Waals surface area contributed by atoms with E-state index in [-0.39, 0.29) is 12.5 Å². The zero-order valence-corrected chi connectivity index (χ0v) is 13.7. The fraction of sp³-hybridized carbons (Fsp3) is 0.278. The quantitative estimate of drug-likeness (QED) is 0.656. The largest absolute Gasteiger partial charge is 0.495 e. The number of rotatable bonds is 6. The first-order valence-corrected chi connectivity index (χ1v) is 7.35. The van der Waals surface area contributed by atoms with Gasteiger partial charge in [-0.2, -0.15) is 0 Å². The highest BCUT2D eigenvalue weighted by Crippen LogP contribution is 2.33. The number of anilines is 2. The van der Waals surface area contributed by atoms with Crippen molar-refractivity contribution >= 4 is 17.3 Å². The molecule has 2 aromatic rings. The first kappa shape index (κ1) is 16.7. The van der Waals surface area contributed by atoms with E-state index < -0.39 is 0 Å². The van der Waals surface area contributed by atoms with Crippen LogP contribution in [0.25, 0.3) is 0 Å². The predicted molar refractivity (Wildman–Crippen MR) is 91.7 cm³/mol. The number of nitrogens with zero attached hydrogens (tertiary/aromatic N) is 1. The Hall–Kier alpha value is -2.69. The maximum Gasteiger partial charge on any atom is 0.325 e. The van der Waals surface area contributed by atoms with Gasteiger partial charge >= 0.3 is 5.97 Å². The number of hydrogen-bond acceptors (Lipinski definition) is 5. The summed E-state index contributed by atoms with van der Waals surface area (Å²) in [5.74, 6) is 0.324. The number of carbonyl (C=O) groups is 1. The predicted octanol–water partition coefficient (Wildman–Crippen LogP) is 2.77. The molecule has 0 saturated carbocycles. The van der Waals surface area contributed by atoms with Crippen LogP contribution in [-0.4, -0.2) is 26.7 Å². The summed E-state index contributed by atoms with van der Waals surface area (Å²) in [6.07, 6.45) is 0. The van der Waals surface area contributed by atoms with E-state index in [1.54, 1.807) is 13.2 Å². The van der Waals surface area contributed by atoms with E-state index in [4.69, 9.17) is 15.2 Å². The Balaban J connectivity index is 2.40. The summed E-state index contributed by atoms with van der Waals surface area (Å²) in [5, 5.41) is 0. The summed E-state index contributed by atoms with van der Waals surface area (Å²) in [5.41, 5.74) is 9.45. The number of ether oxygens (including phenoxy) is 2. The zero-order chi connectivity index (χ0) is 16.8. The second kappa shape index (κ2) is 7.54. The van der Waals surface area contributed by atoms with Gasteiger partial charge in [-0.25, -0.2) is 0 Å². The molecule has 2 aromatic carbocycles. The molecule has 122 valence electrons. The Morgan fingerprint density at radius 1 is 1.17 bits per heavy atom. The molecule has 5 nitrogen and oxygen atoms in total. The Labute approximate surface area is 136 Å². The summed E-state index contributed by atoms with van der Waals surface area (Å²) in [6, 6.07) is 13.6. The molecule has 0 radical (unpaired) electrons. The first-order chi connectivity index (χ1) is 11.0. The molecular formula is C18H22N2O3. The molecule has 0 amide bonds. The molecule has 0 spiro atoms. The molecule has 0 aliphatic rings. The molecular weight excluding hydrogens is 292 g/mol. The van der Waals surface area contributed by atoms with Crippen LogP contribution in [0.15, 0.2) is 42.5 Å². The van der Waals surface area contributed by atoms with Crippen molar-refractivity contribution in [2.75, 3.05) is 31.4 Å². The molecule has 0 aliphatic carbocycles. The molecule has 0 saturated heterocycles. The third-order valence-corrected chi connectivity index (χ3v) is 3.67. The molecule has 2 N–H and O–H groups in total. The maximum atomic E-state index is 11.8. The van der Waals surface area contributed by atoms with E-state index in [0.29, 0.717) is 18.0 Å². The topological polar surface area (TPSA) is 64.8 Å². The highest BCUT2D eigenvalue weighted by atomic mass is 16.5. The number of nitrogen functional groups attached to an aromatic ring is 1. The van der Waals surface area contributed by atoms with Crippen LogP contribution in [0.3, 0.4) is 0 Å². The lowest BCUT2D eigenvalue weighted by molar-refractivity contribution is -0.138. The van der Waals surface area contributed by atoms with Gasteiger partial charge in [0.15, 0.2) is 0 Å². The van der Waals surface area contributed by atoms with Gasteiger partial charge in [-0.05, 0) is 24.1 Å². The van der Waals surface area contributed by atoms with Crippen LogP contribution in [0.4, 0.5) is 11.4 Å². The molecule has 0 aromatic heterocycles. The van der Waals surface area contributed by atoms with E-state index in [9.17, 15) is 4.79 Å². The molecule has 0 heterocycles. The molecule has 5 heteroatoms. The zero-order valence-electron chi connectivity index (χ0n) is 13.7. The molecule has 0 fully saturated rings. The normalized spacial score (nSPS) is 10.2. The Morgan fingerprint density at radius 3 is 2.48 bits per heavy atom. The van der Waals surface area contributed by atoms with Crippen LogP contribution in [0.1, 0.15) is 11.1 Å². The maximum absolute atomic E-state index is 11.8. The SMILES string of the molecule is COC(=O)CN(Cc1ccccc1)c1cc(C)c(N)cc1OC. The van der Waals surface area contributed by atoms with Gasteiger partial charge in [0, 0.05) is 18.3 Å². The number of esters is 1. The lowest BCUT2D eigenvalue weighted by Gasteiger charge is -2.26. The molecule has 0 unspecified atom stereocenters. The summed E-state index contributed by atoms with van der Waals surface area (Å²) in [7, 11) is 2.97. The first-order valence-electron chi connectivity index (χ1n) is 7.35. The lowest BCUT2D eigenvalue weighted by Crippen LogP contribution is -2.30. The van der Waals surface area contributed by atoms with E-state index in [0.717, 1.165) is 16.8 Å². The molecule has 2 rings (SSSR count). The van der Waals surface area contributed by atoms with E-state index in [1.165, 1.54) is 7.11 Å². The van der Waals surface area contributed by atoms with Crippen molar-refractivity contribution in [2.45, 2.75) is 13.5 Å². The van der Waals surface area contributed by atoms with Gasteiger partial charge in [-0.1, -0.05) is 30.3 Å². The third kappa shape index (κ3) is 4.16. The minimum absolute atomic E-state index is 0.130. The van der Waals surface area contributed by atoms with Crippen molar-refractivity contribution in [3.05, 3.63) is 53.6 Å². The fourth-order valence-corrected chi connectivity index (χ4v) is 2.35. The fourth-order valence-electron chi connectivity index (χ4n) is 2.35. The van der Waals surface area contributed by atoms with Crippen molar-refractivity contribution in [2.24, 2.45) is 0 Å². The van der Waals surface area contributed by atoms with Crippen LogP contribution in [0.5, 0.6) is 5.75 Å². The minimum atomic E-state index is -0.308. The number of nitrogens with two attached hydrogens (primary N) is 1. The second-order valence-corrected chi connectivity index (χ2v) is 5.30. The average Bonchev–Trinajstić information content (AvgIpc) is 2.57. The summed E-state index contributed by atoms with van der Waals surface area (Å²) in [6.45, 7) is 2.62. The van der Waals surface area contributed by atoms with Crippen molar-refractivity contribution < 1.29 is 14.3 Å². The third-order valence-electron chi connectivity index (χ3n) is 3.67. The van der Waals surface area contributed by atoms with Crippen LogP contribution in [-0.2, 0) is 16.1 Å². The van der Waals surface area contributed by atoms with Crippen LogP contribution < -0.4 is 15.4 Å². The highest BCUT2D eigenvalue weighted by Gasteiger charge is 2.18. The summed E-state index contributed by atoms with van der Waals surface area (Å²) < 4.78 is 10.3. The average molecular weight is 314 g/mol. The van der Waals surface area contributed by atoms with E-state index in [2.05, 4.69) is 0 Å². The summed E-state index contributed by atoms with van der Waals surface area (Å²) in [4.78, 5) is 13.7. The number of benzene rings is 2. The van der Waals surface area contributed by atoms with Crippen molar-refractivity contribution in [1.29, 1.82) is 0 Å². The standard InChI is InChI=1S/C18H22N2O3/c1-13-9-16(17(22-2)10-15(13)19)20(12-18(21)23-3)11-14-7-5-4-6-8-14/h4-10H,11-12,19H2,1-3H3. The molecule has 0 aliphatic heterocycles. The molecule has 0 bridgehead atoms. The lowest BCUT2D eigenvalue weighted by atomic mass is 10.1. The monoisotopic (exact) mass is 314 g/mol. The van der Waals surface area contributed by atoms with Crippen molar-refractivity contribution in [1.82, 2.24) is 0 Å². The van der Waals surface area contributed by atoms with Crippen LogP contribution >= 0.6 is 0 Å². The molecule has 23 heavy (non-hydrogen) atoms. The second-order valence-electron chi connectivity index (χ2n) is 5.30. The Bertz CT molecular complexity index is 671. The van der Waals surface area contributed by atoms with Gasteiger partial charge in [0.1, 0.15) is 12.3 Å². The van der Waals surface area contributed by atoms with Crippen LogP contribution in [0, 0.1) is 6.92 Å². The number of hydrogen-bond donors (Lipinski definition) is 1. The molecule has 0 atom stereocenters. The number of carbonyl (C=O) groups excluding carboxylic acids is 1. The smallest absolute Gasteiger partial charge is 0.325 e. The highest BCUT2D eigenvalue weighted by molar-refractivity contribution is 5.78. The van der Waals surface area contributed by atoms with Gasteiger partial charge in [-0.15, -0.1) is 0 Å². The van der Waals surface area contributed by atoms with Gasteiger partial charge in [0.2, 0.25) is 0 Å². The van der Waals surface area contributed by atoms with E-state index >= 15 is 0 Å². The van der Waals surface area contributed by atoms with Crippen molar-refractivity contribution in [3.63, 3.8) is 0 Å². The van der Waals surface area contributed by atoms with E-state index in [1.807, 2.05) is 48.2 Å².